The molecule has 1 atom stereocenters. The van der Waals surface area contributed by atoms with Crippen molar-refractivity contribution in [2.24, 2.45) is 0 Å². The molecule has 1 aromatic heterocycles. The average Bonchev–Trinajstić information content (AvgIpc) is 2.44. The van der Waals surface area contributed by atoms with Crippen molar-refractivity contribution >= 4 is 17.4 Å². The lowest BCUT2D eigenvalue weighted by molar-refractivity contribution is 0.337. The SMILES string of the molecule is Cc1c(Cl)ncnc1N1CCCN(C)CC1C. The van der Waals surface area contributed by atoms with Gasteiger partial charge in [0.05, 0.1) is 0 Å². The maximum atomic E-state index is 6.06. The highest BCUT2D eigenvalue weighted by molar-refractivity contribution is 6.30. The summed E-state index contributed by atoms with van der Waals surface area (Å²) in [5.74, 6) is 0.979. The van der Waals surface area contributed by atoms with Gasteiger partial charge in [-0.25, -0.2) is 9.97 Å². The van der Waals surface area contributed by atoms with Crippen molar-refractivity contribution in [1.29, 1.82) is 0 Å². The standard InChI is InChI=1S/C12H19ClN4/c1-9-7-16(3)5-4-6-17(9)12-10(2)11(13)14-8-15-12/h8-9H,4-7H2,1-3H3. The lowest BCUT2D eigenvalue weighted by Gasteiger charge is -2.30. The van der Waals surface area contributed by atoms with Gasteiger partial charge in [-0.3, -0.25) is 0 Å². The summed E-state index contributed by atoms with van der Waals surface area (Å²) in [4.78, 5) is 13.1. The van der Waals surface area contributed by atoms with Crippen LogP contribution in [0, 0.1) is 6.92 Å². The first kappa shape index (κ1) is 12.6. The van der Waals surface area contributed by atoms with Crippen molar-refractivity contribution in [3.63, 3.8) is 0 Å². The van der Waals surface area contributed by atoms with Gasteiger partial charge in [0.15, 0.2) is 0 Å². The summed E-state index contributed by atoms with van der Waals surface area (Å²) in [7, 11) is 2.17. The van der Waals surface area contributed by atoms with Crippen LogP contribution in [-0.4, -0.2) is 47.6 Å². The van der Waals surface area contributed by atoms with Crippen LogP contribution in [0.4, 0.5) is 5.82 Å². The third-order valence-corrected chi connectivity index (χ3v) is 3.70. The number of nitrogens with zero attached hydrogens (tertiary/aromatic N) is 4. The largest absolute Gasteiger partial charge is 0.352 e. The lowest BCUT2D eigenvalue weighted by atomic mass is 10.2. The highest BCUT2D eigenvalue weighted by Gasteiger charge is 2.22. The molecule has 17 heavy (non-hydrogen) atoms. The van der Waals surface area contributed by atoms with Gasteiger partial charge in [0.2, 0.25) is 0 Å². The van der Waals surface area contributed by atoms with Gasteiger partial charge < -0.3 is 9.80 Å². The summed E-state index contributed by atoms with van der Waals surface area (Å²) in [6.45, 7) is 7.44. The minimum absolute atomic E-state index is 0.451. The van der Waals surface area contributed by atoms with Crippen LogP contribution in [0.5, 0.6) is 0 Å². The number of hydrogen-bond donors (Lipinski definition) is 0. The van der Waals surface area contributed by atoms with E-state index in [4.69, 9.17) is 11.6 Å². The first-order valence-electron chi connectivity index (χ1n) is 6.02. The molecular weight excluding hydrogens is 236 g/mol. The average molecular weight is 255 g/mol. The van der Waals surface area contributed by atoms with Gasteiger partial charge in [0.1, 0.15) is 17.3 Å². The number of hydrogen-bond acceptors (Lipinski definition) is 4. The molecule has 1 saturated heterocycles. The van der Waals surface area contributed by atoms with E-state index >= 15 is 0 Å². The molecule has 0 radical (unpaired) electrons. The molecule has 0 N–H and O–H groups in total. The smallest absolute Gasteiger partial charge is 0.137 e. The molecule has 1 aliphatic rings. The topological polar surface area (TPSA) is 32.3 Å². The van der Waals surface area contributed by atoms with Gasteiger partial charge >= 0.3 is 0 Å². The van der Waals surface area contributed by atoms with Crippen LogP contribution in [0.3, 0.4) is 0 Å². The van der Waals surface area contributed by atoms with Crippen molar-refractivity contribution in [1.82, 2.24) is 14.9 Å². The van der Waals surface area contributed by atoms with Crippen LogP contribution >= 0.6 is 11.6 Å². The molecule has 0 spiro atoms. The minimum Gasteiger partial charge on any atom is -0.352 e. The van der Waals surface area contributed by atoms with Crippen LogP contribution in [0.15, 0.2) is 6.33 Å². The molecule has 1 aliphatic heterocycles. The van der Waals surface area contributed by atoms with Gasteiger partial charge in [-0.2, -0.15) is 0 Å². The first-order chi connectivity index (χ1) is 8.09. The molecule has 2 heterocycles. The third kappa shape index (κ3) is 2.69. The van der Waals surface area contributed by atoms with Crippen LogP contribution < -0.4 is 4.90 Å². The summed E-state index contributed by atoms with van der Waals surface area (Å²) in [6, 6.07) is 0.451. The number of aromatic nitrogens is 2. The molecule has 2 rings (SSSR count). The first-order valence-corrected chi connectivity index (χ1v) is 6.39. The van der Waals surface area contributed by atoms with E-state index in [0.29, 0.717) is 11.2 Å². The highest BCUT2D eigenvalue weighted by atomic mass is 35.5. The third-order valence-electron chi connectivity index (χ3n) is 3.31. The number of rotatable bonds is 1. The molecule has 94 valence electrons. The Bertz CT molecular complexity index is 396. The number of halogens is 1. The summed E-state index contributed by atoms with van der Waals surface area (Å²) in [5.41, 5.74) is 0.977. The molecule has 0 saturated carbocycles. The summed E-state index contributed by atoms with van der Waals surface area (Å²) < 4.78 is 0. The Kier molecular flexibility index (Phi) is 3.84. The Morgan fingerprint density at radius 3 is 2.88 bits per heavy atom. The van der Waals surface area contributed by atoms with Crippen LogP contribution in [0.2, 0.25) is 5.15 Å². The van der Waals surface area contributed by atoms with E-state index in [2.05, 4.69) is 33.7 Å². The quantitative estimate of drug-likeness (QED) is 0.718. The zero-order valence-corrected chi connectivity index (χ0v) is 11.4. The van der Waals surface area contributed by atoms with Crippen molar-refractivity contribution in [3.8, 4) is 0 Å². The van der Waals surface area contributed by atoms with Gasteiger partial charge in [0, 0.05) is 24.7 Å². The van der Waals surface area contributed by atoms with E-state index in [-0.39, 0.29) is 0 Å². The second kappa shape index (κ2) is 5.19. The summed E-state index contributed by atoms with van der Waals surface area (Å²) in [6.07, 6.45) is 2.70. The summed E-state index contributed by atoms with van der Waals surface area (Å²) >= 11 is 6.06. The second-order valence-corrected chi connectivity index (χ2v) is 5.13. The fraction of sp³-hybridized carbons (Fsp3) is 0.667. The predicted octanol–water partition coefficient (Wildman–Crippen LogP) is 1.97. The number of anilines is 1. The van der Waals surface area contributed by atoms with E-state index in [1.165, 1.54) is 0 Å². The molecule has 0 aromatic carbocycles. The normalized spacial score (nSPS) is 22.6. The van der Waals surface area contributed by atoms with Gasteiger partial charge in [-0.1, -0.05) is 11.6 Å². The maximum Gasteiger partial charge on any atom is 0.137 e. The molecule has 1 aromatic rings. The monoisotopic (exact) mass is 254 g/mol. The Balaban J connectivity index is 2.28. The van der Waals surface area contributed by atoms with E-state index in [1.807, 2.05) is 6.92 Å². The maximum absolute atomic E-state index is 6.06. The Morgan fingerprint density at radius 1 is 1.35 bits per heavy atom. The molecule has 4 nitrogen and oxygen atoms in total. The van der Waals surface area contributed by atoms with Crippen molar-refractivity contribution in [2.45, 2.75) is 26.3 Å². The molecule has 0 bridgehead atoms. The molecule has 0 aliphatic carbocycles. The van der Waals surface area contributed by atoms with Crippen LogP contribution in [0.25, 0.3) is 0 Å². The molecule has 1 unspecified atom stereocenters. The van der Waals surface area contributed by atoms with Crippen LogP contribution in [-0.2, 0) is 0 Å². The lowest BCUT2D eigenvalue weighted by Crippen LogP contribution is -2.38. The Morgan fingerprint density at radius 2 is 2.12 bits per heavy atom. The molecule has 5 heteroatoms. The Labute approximate surface area is 108 Å². The van der Waals surface area contributed by atoms with Gasteiger partial charge in [-0.05, 0) is 33.9 Å². The van der Waals surface area contributed by atoms with E-state index < -0.39 is 0 Å². The second-order valence-electron chi connectivity index (χ2n) is 4.77. The molecular formula is C12H19ClN4. The number of likely N-dealkylation sites (N-methyl/N-ethyl adjacent to an activating group) is 1. The summed E-state index contributed by atoms with van der Waals surface area (Å²) in [5, 5.41) is 0.555. The molecule has 1 fully saturated rings. The van der Waals surface area contributed by atoms with Gasteiger partial charge in [-0.15, -0.1) is 0 Å². The zero-order valence-electron chi connectivity index (χ0n) is 10.6. The predicted molar refractivity (Wildman–Crippen MR) is 70.7 cm³/mol. The Hall–Kier alpha value is -0.870. The zero-order chi connectivity index (χ0) is 12.4. The molecule has 0 amide bonds. The fourth-order valence-electron chi connectivity index (χ4n) is 2.40. The van der Waals surface area contributed by atoms with Gasteiger partial charge in [0.25, 0.3) is 0 Å². The highest BCUT2D eigenvalue weighted by Crippen LogP contribution is 2.25. The van der Waals surface area contributed by atoms with Crippen molar-refractivity contribution < 1.29 is 0 Å². The minimum atomic E-state index is 0.451. The van der Waals surface area contributed by atoms with Crippen LogP contribution in [0.1, 0.15) is 18.9 Å². The van der Waals surface area contributed by atoms with E-state index in [9.17, 15) is 0 Å². The van der Waals surface area contributed by atoms with Crippen molar-refractivity contribution in [2.75, 3.05) is 31.6 Å². The van der Waals surface area contributed by atoms with E-state index in [0.717, 1.165) is 37.4 Å². The fourth-order valence-corrected chi connectivity index (χ4v) is 2.52. The van der Waals surface area contributed by atoms with E-state index in [1.54, 1.807) is 6.33 Å². The van der Waals surface area contributed by atoms with Crippen molar-refractivity contribution in [3.05, 3.63) is 17.0 Å².